The lowest BCUT2D eigenvalue weighted by atomic mass is 9.77. The second-order valence-corrected chi connectivity index (χ2v) is 17.3. The molecule has 1 saturated heterocycles. The number of carbonyl (C=O) groups is 4. The van der Waals surface area contributed by atoms with Gasteiger partial charge >= 0.3 is 11.9 Å². The molecule has 0 aliphatic carbocycles. The molecule has 0 bridgehead atoms. The number of carbonyl (C=O) groups excluding carboxylic acids is 3. The Morgan fingerprint density at radius 1 is 0.932 bits per heavy atom. The normalized spacial score (nSPS) is 17.0. The fourth-order valence-corrected chi connectivity index (χ4v) is 9.50. The summed E-state index contributed by atoms with van der Waals surface area (Å²) in [7, 11) is 0. The zero-order valence-corrected chi connectivity index (χ0v) is 34.9. The number of thiazole rings is 2. The maximum Gasteiger partial charge on any atom is 0.352 e. The lowest BCUT2D eigenvalue weighted by molar-refractivity contribution is -0.160. The van der Waals surface area contributed by atoms with Gasteiger partial charge in [-0.25, -0.2) is 19.6 Å². The van der Waals surface area contributed by atoms with E-state index >= 15 is 0 Å². The Labute approximate surface area is 352 Å². The first-order valence-electron chi connectivity index (χ1n) is 18.5. The van der Waals surface area contributed by atoms with E-state index in [9.17, 15) is 24.3 Å². The molecule has 0 radical (unpaired) electrons. The van der Waals surface area contributed by atoms with E-state index in [-0.39, 0.29) is 22.9 Å². The van der Waals surface area contributed by atoms with Gasteiger partial charge in [0, 0.05) is 16.0 Å². The molecular formula is C43H40N6O7S3. The number of anilines is 1. The van der Waals surface area contributed by atoms with Crippen molar-refractivity contribution in [3.8, 4) is 0 Å². The van der Waals surface area contributed by atoms with Gasteiger partial charge in [0.2, 0.25) is 6.61 Å². The van der Waals surface area contributed by atoms with Crippen molar-refractivity contribution >= 4 is 75.1 Å². The van der Waals surface area contributed by atoms with Crippen LogP contribution in [0, 0.1) is 6.92 Å². The third-order valence-corrected chi connectivity index (χ3v) is 12.3. The van der Waals surface area contributed by atoms with Gasteiger partial charge in [0.25, 0.3) is 11.8 Å². The van der Waals surface area contributed by atoms with Gasteiger partial charge in [-0.2, -0.15) is 0 Å². The molecule has 4 heterocycles. The number of allylic oxidation sites excluding steroid dienone is 1. The molecule has 2 atom stereocenters. The molecule has 16 heteroatoms. The summed E-state index contributed by atoms with van der Waals surface area (Å²) in [5, 5.41) is 22.1. The quantitative estimate of drug-likeness (QED) is 0.0352. The minimum absolute atomic E-state index is 0.110. The molecule has 2 aliphatic heterocycles. The zero-order chi connectivity index (χ0) is 41.7. The van der Waals surface area contributed by atoms with E-state index in [0.717, 1.165) is 27.3 Å². The van der Waals surface area contributed by atoms with E-state index < -0.39 is 52.9 Å². The van der Waals surface area contributed by atoms with Crippen molar-refractivity contribution in [2.75, 3.05) is 17.7 Å². The summed E-state index contributed by atoms with van der Waals surface area (Å²) in [6.45, 7) is 6.40. The Balaban J connectivity index is 1.19. The lowest BCUT2D eigenvalue weighted by Gasteiger charge is -2.49. The lowest BCUT2D eigenvalue weighted by Crippen LogP contribution is -2.71. The van der Waals surface area contributed by atoms with Crippen molar-refractivity contribution in [3.05, 3.63) is 152 Å². The van der Waals surface area contributed by atoms with Gasteiger partial charge in [-0.05, 0) is 56.0 Å². The minimum atomic E-state index is -1.26. The Morgan fingerprint density at radius 2 is 1.54 bits per heavy atom. The number of oxime groups is 1. The fourth-order valence-electron chi connectivity index (χ4n) is 6.73. The minimum Gasteiger partial charge on any atom is -0.477 e. The zero-order valence-electron chi connectivity index (χ0n) is 32.4. The van der Waals surface area contributed by atoms with Gasteiger partial charge in [-0.3, -0.25) is 14.5 Å². The van der Waals surface area contributed by atoms with Gasteiger partial charge in [0.15, 0.2) is 10.8 Å². The largest absolute Gasteiger partial charge is 0.477 e. The molecule has 7 rings (SSSR count). The third-order valence-electron chi connectivity index (χ3n) is 9.34. The van der Waals surface area contributed by atoms with Gasteiger partial charge < -0.3 is 25.3 Å². The summed E-state index contributed by atoms with van der Waals surface area (Å²) < 4.78 is 5.35. The number of nitrogens with zero attached hydrogens (tertiary/aromatic N) is 4. The number of nitrogens with one attached hydrogen (secondary N) is 2. The number of aryl methyl sites for hydroxylation is 1. The fraction of sp³-hybridized carbons (Fsp3) is 0.233. The number of hydrogen-bond donors (Lipinski definition) is 3. The van der Waals surface area contributed by atoms with Crippen LogP contribution in [0.3, 0.4) is 0 Å². The van der Waals surface area contributed by atoms with Crippen LogP contribution in [0.15, 0.2) is 124 Å². The molecule has 0 spiro atoms. The highest BCUT2D eigenvalue weighted by Gasteiger charge is 2.54. The summed E-state index contributed by atoms with van der Waals surface area (Å²) in [4.78, 5) is 69.4. The molecular weight excluding hydrogens is 809 g/mol. The standard InChI is InChI=1S/C43H40N6O7S3/c1-26-32(59-25-44-26)21-20-27-23-57-39-35(38(52)49(39)36(27)40(53)54)46-37(51)34(48-55-22-33(50)56-42(2,3)4)31-24-58-41(45-31)47-43(28-14-8-5-9-15-28,29-16-10-6-11-17-29)30-18-12-7-13-19-30/h5-21,24-25,35,39H,22-23H2,1-4H3,(H,45,47)(H,46,51)(H,53,54)/b21-20+,48-34-/t35?,39-/m1/s1. The molecule has 2 aliphatic rings. The summed E-state index contributed by atoms with van der Waals surface area (Å²) in [5.74, 6) is -3.08. The topological polar surface area (TPSA) is 172 Å². The second-order valence-electron chi connectivity index (χ2n) is 14.5. The van der Waals surface area contributed by atoms with Gasteiger partial charge in [0.1, 0.15) is 33.9 Å². The van der Waals surface area contributed by atoms with Crippen LogP contribution in [0.25, 0.3) is 6.08 Å². The summed E-state index contributed by atoms with van der Waals surface area (Å²) in [6, 6.07) is 28.7. The number of fused-ring (bicyclic) bond motifs is 1. The Morgan fingerprint density at radius 3 is 2.08 bits per heavy atom. The average Bonchev–Trinajstić information content (AvgIpc) is 3.87. The number of rotatable bonds is 14. The summed E-state index contributed by atoms with van der Waals surface area (Å²) in [6.07, 6.45) is 3.48. The van der Waals surface area contributed by atoms with Crippen molar-refractivity contribution in [2.24, 2.45) is 5.16 Å². The first-order valence-corrected chi connectivity index (χ1v) is 21.3. The van der Waals surface area contributed by atoms with E-state index in [4.69, 9.17) is 14.6 Å². The van der Waals surface area contributed by atoms with E-state index in [2.05, 4.69) is 20.8 Å². The number of ether oxygens (including phenoxy) is 1. The number of benzene rings is 3. The van der Waals surface area contributed by atoms with E-state index in [0.29, 0.717) is 10.7 Å². The van der Waals surface area contributed by atoms with E-state index in [1.807, 2.05) is 97.9 Å². The number of aromatic nitrogens is 2. The number of esters is 1. The summed E-state index contributed by atoms with van der Waals surface area (Å²) in [5.41, 5.74) is 3.75. The van der Waals surface area contributed by atoms with Crippen LogP contribution in [0.2, 0.25) is 0 Å². The molecule has 2 amide bonds. The SMILES string of the molecule is Cc1ncsc1/C=C/C1=C(C(=O)O)N2C(=O)C(NC(=O)/C(=N\OCC(=O)OC(C)(C)C)c3csc(NC(c4ccccc4)(c4ccccc4)c4ccccc4)n3)[C@H]2SC1. The number of hydrogen-bond acceptors (Lipinski definition) is 13. The highest BCUT2D eigenvalue weighted by atomic mass is 32.2. The predicted molar refractivity (Wildman–Crippen MR) is 229 cm³/mol. The predicted octanol–water partition coefficient (Wildman–Crippen LogP) is 6.83. The van der Waals surface area contributed by atoms with Gasteiger partial charge in [0.05, 0.1) is 11.2 Å². The highest BCUT2D eigenvalue weighted by molar-refractivity contribution is 8.00. The number of β-lactam (4-membered cyclic amide) rings is 1. The van der Waals surface area contributed by atoms with E-state index in [1.54, 1.807) is 43.8 Å². The highest BCUT2D eigenvalue weighted by Crippen LogP contribution is 2.42. The first kappa shape index (κ1) is 41.1. The number of carboxylic acids is 1. The number of carboxylic acid groups (broad SMARTS) is 1. The van der Waals surface area contributed by atoms with Crippen LogP contribution in [-0.4, -0.2) is 78.8 Å². The third kappa shape index (κ3) is 8.84. The average molecular weight is 849 g/mol. The Hall–Kier alpha value is -6.10. The summed E-state index contributed by atoms with van der Waals surface area (Å²) >= 11 is 3.98. The molecule has 1 unspecified atom stereocenters. The molecule has 13 nitrogen and oxygen atoms in total. The molecule has 3 N–H and O–H groups in total. The number of aliphatic carboxylic acids is 1. The van der Waals surface area contributed by atoms with Crippen molar-refractivity contribution < 1.29 is 33.9 Å². The van der Waals surface area contributed by atoms with Gasteiger partial charge in [-0.15, -0.1) is 34.4 Å². The second kappa shape index (κ2) is 17.4. The van der Waals surface area contributed by atoms with Crippen LogP contribution in [-0.2, 0) is 34.3 Å². The van der Waals surface area contributed by atoms with Crippen molar-refractivity contribution in [1.82, 2.24) is 20.2 Å². The van der Waals surface area contributed by atoms with Crippen LogP contribution < -0.4 is 10.6 Å². The molecule has 3 aromatic carbocycles. The van der Waals surface area contributed by atoms with Crippen LogP contribution in [0.4, 0.5) is 5.13 Å². The van der Waals surface area contributed by atoms with E-state index in [1.165, 1.54) is 39.3 Å². The number of amides is 2. The molecule has 59 heavy (non-hydrogen) atoms. The van der Waals surface area contributed by atoms with Crippen LogP contribution in [0.5, 0.6) is 0 Å². The molecule has 5 aromatic rings. The molecule has 1 fully saturated rings. The first-order chi connectivity index (χ1) is 28.4. The van der Waals surface area contributed by atoms with Crippen LogP contribution in [0.1, 0.15) is 53.7 Å². The number of thioether (sulfide) groups is 1. The maximum absolute atomic E-state index is 14.2. The van der Waals surface area contributed by atoms with Gasteiger partial charge in [-0.1, -0.05) is 102 Å². The molecule has 302 valence electrons. The Kier molecular flexibility index (Phi) is 12.1. The molecule has 0 saturated carbocycles. The monoisotopic (exact) mass is 848 g/mol. The van der Waals surface area contributed by atoms with Crippen molar-refractivity contribution in [2.45, 2.75) is 50.3 Å². The van der Waals surface area contributed by atoms with Crippen LogP contribution >= 0.6 is 34.4 Å². The molecule has 2 aromatic heterocycles. The Bertz CT molecular complexity index is 2350. The van der Waals surface area contributed by atoms with Crippen molar-refractivity contribution in [3.63, 3.8) is 0 Å². The maximum atomic E-state index is 14.2. The smallest absolute Gasteiger partial charge is 0.352 e. The van der Waals surface area contributed by atoms with Crippen molar-refractivity contribution in [1.29, 1.82) is 0 Å².